The van der Waals surface area contributed by atoms with Gasteiger partial charge in [0.1, 0.15) is 0 Å². The number of hydrogen-bond acceptors (Lipinski definition) is 2. The van der Waals surface area contributed by atoms with Crippen molar-refractivity contribution in [1.82, 2.24) is 4.90 Å². The van der Waals surface area contributed by atoms with Gasteiger partial charge in [0.05, 0.1) is 5.54 Å². The lowest BCUT2D eigenvalue weighted by molar-refractivity contribution is -0.126. The van der Waals surface area contributed by atoms with Crippen LogP contribution < -0.4 is 0 Å². The quantitative estimate of drug-likeness (QED) is 0.491. The van der Waals surface area contributed by atoms with E-state index in [9.17, 15) is 4.79 Å². The highest BCUT2D eigenvalue weighted by Crippen LogP contribution is 2.35. The van der Waals surface area contributed by atoms with Crippen LogP contribution in [0.25, 0.3) is 0 Å². The molecule has 1 aliphatic carbocycles. The third-order valence-corrected chi connectivity index (χ3v) is 3.51. The highest BCUT2D eigenvalue weighted by atomic mass is 16.1. The number of Topliss-reactive ketones (excluding diaryl/α,β-unsaturated/α-hetero) is 1. The second-order valence-electron chi connectivity index (χ2n) is 4.58. The minimum absolute atomic E-state index is 0.0469. The molecule has 78 valence electrons. The predicted octanol–water partition coefficient (Wildman–Crippen LogP) is 1.70. The van der Waals surface area contributed by atoms with Gasteiger partial charge in [0.15, 0.2) is 0 Å². The molecule has 0 aliphatic heterocycles. The number of rotatable bonds is 2. The molecule has 0 aromatic heterocycles. The Labute approximate surface area is 86.7 Å². The maximum atomic E-state index is 11.8. The molecule has 1 fully saturated rings. The summed E-state index contributed by atoms with van der Waals surface area (Å²) in [5.74, 6) is 2.97. The van der Waals surface area contributed by atoms with E-state index in [0.29, 0.717) is 0 Å². The van der Waals surface area contributed by atoms with E-state index in [1.807, 2.05) is 19.0 Å². The van der Waals surface area contributed by atoms with E-state index < -0.39 is 0 Å². The molecule has 2 heteroatoms. The number of terminal acetylenes is 1. The van der Waals surface area contributed by atoms with Gasteiger partial charge in [0.25, 0.3) is 0 Å². The van der Waals surface area contributed by atoms with E-state index in [1.54, 1.807) is 0 Å². The van der Waals surface area contributed by atoms with Gasteiger partial charge >= 0.3 is 0 Å². The summed E-state index contributed by atoms with van der Waals surface area (Å²) in [5, 5.41) is 0. The minimum Gasteiger partial charge on any atom is -0.296 e. The molecule has 0 unspecified atom stereocenters. The third kappa shape index (κ3) is 1.83. The number of ketones is 1. The molecule has 0 bridgehead atoms. The predicted molar refractivity (Wildman–Crippen MR) is 57.9 cm³/mol. The van der Waals surface area contributed by atoms with Crippen LogP contribution in [0.5, 0.6) is 0 Å². The van der Waals surface area contributed by atoms with Gasteiger partial charge in [-0.2, -0.15) is 0 Å². The molecule has 1 rings (SSSR count). The Bertz CT molecular complexity index is 254. The average Bonchev–Trinajstić information content (AvgIpc) is 2.18. The number of likely N-dealkylation sites (N-methyl/N-ethyl adjacent to an activating group) is 1. The molecule has 0 N–H and O–H groups in total. The SMILES string of the molecule is C#CC(=O)C1(N(C)C)CCC(C)CC1. The summed E-state index contributed by atoms with van der Waals surface area (Å²) < 4.78 is 0. The summed E-state index contributed by atoms with van der Waals surface area (Å²) in [5.41, 5.74) is -0.374. The van der Waals surface area contributed by atoms with Crippen molar-refractivity contribution >= 4 is 5.78 Å². The molecule has 0 amide bonds. The van der Waals surface area contributed by atoms with E-state index in [4.69, 9.17) is 6.42 Å². The monoisotopic (exact) mass is 193 g/mol. The number of carbonyl (C=O) groups excluding carboxylic acids is 1. The minimum atomic E-state index is -0.374. The number of nitrogens with zero attached hydrogens (tertiary/aromatic N) is 1. The molecule has 0 heterocycles. The number of carbonyl (C=O) groups is 1. The zero-order valence-corrected chi connectivity index (χ0v) is 9.34. The van der Waals surface area contributed by atoms with Crippen LogP contribution in [0, 0.1) is 18.3 Å². The largest absolute Gasteiger partial charge is 0.296 e. The summed E-state index contributed by atoms with van der Waals surface area (Å²) in [6.45, 7) is 2.24. The molecule has 1 saturated carbocycles. The highest BCUT2D eigenvalue weighted by Gasteiger charge is 2.41. The van der Waals surface area contributed by atoms with Crippen LogP contribution in [0.3, 0.4) is 0 Å². The maximum absolute atomic E-state index is 11.8. The standard InChI is InChI=1S/C12H19NO/c1-5-11(14)12(13(3)4)8-6-10(2)7-9-12/h1,10H,6-9H2,2-4H3. The lowest BCUT2D eigenvalue weighted by Crippen LogP contribution is -2.52. The van der Waals surface area contributed by atoms with Crippen LogP contribution >= 0.6 is 0 Å². The Morgan fingerprint density at radius 2 is 1.93 bits per heavy atom. The number of hydrogen-bond donors (Lipinski definition) is 0. The summed E-state index contributed by atoms with van der Waals surface area (Å²) in [7, 11) is 3.90. The molecule has 0 atom stereocenters. The average molecular weight is 193 g/mol. The van der Waals surface area contributed by atoms with Crippen molar-refractivity contribution in [3.8, 4) is 12.3 Å². The first-order chi connectivity index (χ1) is 6.53. The molecular weight excluding hydrogens is 174 g/mol. The van der Waals surface area contributed by atoms with Gasteiger partial charge < -0.3 is 0 Å². The van der Waals surface area contributed by atoms with Crippen LogP contribution in [-0.4, -0.2) is 30.3 Å². The first-order valence-electron chi connectivity index (χ1n) is 5.21. The normalized spacial score (nSPS) is 32.6. The molecule has 1 aliphatic rings. The van der Waals surface area contributed by atoms with Gasteiger partial charge in [0, 0.05) is 0 Å². The zero-order valence-electron chi connectivity index (χ0n) is 9.34. The first kappa shape index (κ1) is 11.3. The van der Waals surface area contributed by atoms with Crippen LogP contribution in [0.1, 0.15) is 32.6 Å². The Morgan fingerprint density at radius 3 is 2.29 bits per heavy atom. The second kappa shape index (κ2) is 4.14. The van der Waals surface area contributed by atoms with Gasteiger partial charge in [-0.05, 0) is 51.6 Å². The van der Waals surface area contributed by atoms with Crippen molar-refractivity contribution < 1.29 is 4.79 Å². The van der Waals surface area contributed by atoms with Crippen LogP contribution in [-0.2, 0) is 4.79 Å². The summed E-state index contributed by atoms with van der Waals surface area (Å²) in [6, 6.07) is 0. The molecule has 0 saturated heterocycles. The van der Waals surface area contributed by atoms with E-state index in [0.717, 1.165) is 31.6 Å². The molecule has 0 aromatic rings. The lowest BCUT2D eigenvalue weighted by atomic mass is 9.74. The molecule has 2 nitrogen and oxygen atoms in total. The Hall–Kier alpha value is -0.810. The van der Waals surface area contributed by atoms with Crippen molar-refractivity contribution in [3.05, 3.63) is 0 Å². The van der Waals surface area contributed by atoms with E-state index in [1.165, 1.54) is 0 Å². The van der Waals surface area contributed by atoms with Crippen LogP contribution in [0.15, 0.2) is 0 Å². The molecule has 0 aromatic carbocycles. The Balaban J connectivity index is 2.85. The Kier molecular flexibility index (Phi) is 3.34. The Morgan fingerprint density at radius 1 is 1.43 bits per heavy atom. The fraction of sp³-hybridized carbons (Fsp3) is 0.750. The van der Waals surface area contributed by atoms with Gasteiger partial charge in [-0.15, -0.1) is 6.42 Å². The highest BCUT2D eigenvalue weighted by molar-refractivity contribution is 6.02. The van der Waals surface area contributed by atoms with E-state index >= 15 is 0 Å². The zero-order chi connectivity index (χ0) is 10.8. The van der Waals surface area contributed by atoms with Crippen molar-refractivity contribution in [3.63, 3.8) is 0 Å². The second-order valence-corrected chi connectivity index (χ2v) is 4.58. The fourth-order valence-corrected chi connectivity index (χ4v) is 2.25. The smallest absolute Gasteiger partial charge is 0.225 e. The van der Waals surface area contributed by atoms with Gasteiger partial charge in [0.2, 0.25) is 5.78 Å². The van der Waals surface area contributed by atoms with E-state index in [2.05, 4.69) is 12.8 Å². The molecule has 0 spiro atoms. The lowest BCUT2D eigenvalue weighted by Gasteiger charge is -2.41. The van der Waals surface area contributed by atoms with Gasteiger partial charge in [-0.1, -0.05) is 6.92 Å². The third-order valence-electron chi connectivity index (χ3n) is 3.51. The van der Waals surface area contributed by atoms with Crippen molar-refractivity contribution in [2.24, 2.45) is 5.92 Å². The first-order valence-corrected chi connectivity index (χ1v) is 5.21. The fourth-order valence-electron chi connectivity index (χ4n) is 2.25. The van der Waals surface area contributed by atoms with Gasteiger partial charge in [-0.25, -0.2) is 0 Å². The summed E-state index contributed by atoms with van der Waals surface area (Å²) in [4.78, 5) is 13.8. The van der Waals surface area contributed by atoms with Crippen LogP contribution in [0.2, 0.25) is 0 Å². The summed E-state index contributed by atoms with van der Waals surface area (Å²) >= 11 is 0. The van der Waals surface area contributed by atoms with E-state index in [-0.39, 0.29) is 11.3 Å². The van der Waals surface area contributed by atoms with Crippen molar-refractivity contribution in [1.29, 1.82) is 0 Å². The van der Waals surface area contributed by atoms with Crippen molar-refractivity contribution in [2.75, 3.05) is 14.1 Å². The molecule has 0 radical (unpaired) electrons. The van der Waals surface area contributed by atoms with Crippen molar-refractivity contribution in [2.45, 2.75) is 38.1 Å². The van der Waals surface area contributed by atoms with Gasteiger partial charge in [-0.3, -0.25) is 9.69 Å². The van der Waals surface area contributed by atoms with Crippen LogP contribution in [0.4, 0.5) is 0 Å². The molecular formula is C12H19NO. The molecule has 14 heavy (non-hydrogen) atoms. The summed E-state index contributed by atoms with van der Waals surface area (Å²) in [6.07, 6.45) is 9.25. The topological polar surface area (TPSA) is 20.3 Å². The maximum Gasteiger partial charge on any atom is 0.225 e.